The average Bonchev–Trinajstić information content (AvgIpc) is 3.46. The van der Waals surface area contributed by atoms with Crippen molar-refractivity contribution in [3.63, 3.8) is 0 Å². The van der Waals surface area contributed by atoms with Gasteiger partial charge >= 0.3 is 0 Å². The summed E-state index contributed by atoms with van der Waals surface area (Å²) in [7, 11) is 0. The molecule has 3 heterocycles. The van der Waals surface area contributed by atoms with Crippen LogP contribution in [-0.4, -0.2) is 36.6 Å². The number of hydrogen-bond acceptors (Lipinski definition) is 5. The number of pyridine rings is 1. The van der Waals surface area contributed by atoms with Crippen LogP contribution in [0.3, 0.4) is 0 Å². The van der Waals surface area contributed by atoms with Crippen molar-refractivity contribution in [3.8, 4) is 39.7 Å². The van der Waals surface area contributed by atoms with Crippen molar-refractivity contribution in [1.82, 2.24) is 29.9 Å². The summed E-state index contributed by atoms with van der Waals surface area (Å²) in [5.41, 5.74) is 3.07. The topological polar surface area (TPSA) is 101 Å². The minimum atomic E-state index is -0.269. The molecule has 3 aromatic heterocycles. The van der Waals surface area contributed by atoms with Crippen LogP contribution in [0, 0.1) is 0 Å². The number of ether oxygens (including phenoxy) is 1. The van der Waals surface area contributed by atoms with Crippen LogP contribution in [0.1, 0.15) is 39.7 Å². The molecular weight excluding hydrogens is 392 g/mol. The van der Waals surface area contributed by atoms with Crippen molar-refractivity contribution in [1.29, 1.82) is 0 Å². The van der Waals surface area contributed by atoms with Gasteiger partial charge in [-0.05, 0) is 62.2 Å². The summed E-state index contributed by atoms with van der Waals surface area (Å²) in [4.78, 5) is 20.2. The summed E-state index contributed by atoms with van der Waals surface area (Å²) in [6.07, 6.45) is 5.47. The van der Waals surface area contributed by atoms with Crippen molar-refractivity contribution in [3.05, 3.63) is 59.3 Å². The van der Waals surface area contributed by atoms with E-state index in [1.54, 1.807) is 0 Å². The quantitative estimate of drug-likeness (QED) is 0.412. The first kappa shape index (κ1) is 20.6. The zero-order valence-corrected chi connectivity index (χ0v) is 17.9. The number of aromatic nitrogens is 6. The van der Waals surface area contributed by atoms with Crippen LogP contribution in [0.2, 0.25) is 0 Å². The third-order valence-electron chi connectivity index (χ3n) is 5.02. The standard InChI is InChI=1S/C23H26N6O2/c1-4-5-12-31-17-8-6-16(7-9-17)20-13-18(19-10-11-29(28-19)15(2)3)21(23(30)26-20)22-24-14-25-27-22/h6-11,13-15H,4-5,12H2,1-3H3,(H,26,30)(H,24,25,27). The Kier molecular flexibility index (Phi) is 5.97. The van der Waals surface area contributed by atoms with Crippen molar-refractivity contribution in [2.75, 3.05) is 6.61 Å². The molecule has 2 N–H and O–H groups in total. The van der Waals surface area contributed by atoms with Crippen molar-refractivity contribution < 1.29 is 4.74 Å². The van der Waals surface area contributed by atoms with Gasteiger partial charge < -0.3 is 9.72 Å². The molecule has 0 bridgehead atoms. The fraction of sp³-hybridized carbons (Fsp3) is 0.304. The van der Waals surface area contributed by atoms with E-state index < -0.39 is 0 Å². The molecule has 0 unspecified atom stereocenters. The minimum absolute atomic E-state index is 0.211. The molecule has 0 amide bonds. The van der Waals surface area contributed by atoms with Crippen LogP contribution in [-0.2, 0) is 0 Å². The van der Waals surface area contributed by atoms with Crippen LogP contribution in [0.5, 0.6) is 5.75 Å². The molecule has 4 aromatic rings. The summed E-state index contributed by atoms with van der Waals surface area (Å²) in [5.74, 6) is 1.15. The summed E-state index contributed by atoms with van der Waals surface area (Å²) in [6, 6.07) is 11.7. The number of rotatable bonds is 8. The minimum Gasteiger partial charge on any atom is -0.494 e. The molecule has 0 aliphatic rings. The lowest BCUT2D eigenvalue weighted by Crippen LogP contribution is -2.13. The first-order chi connectivity index (χ1) is 15.1. The second-order valence-electron chi connectivity index (χ2n) is 7.62. The molecule has 0 saturated heterocycles. The Morgan fingerprint density at radius 1 is 1.16 bits per heavy atom. The Hall–Kier alpha value is -3.68. The third kappa shape index (κ3) is 4.42. The Balaban J connectivity index is 1.76. The molecule has 160 valence electrons. The molecule has 0 radical (unpaired) electrons. The van der Waals surface area contributed by atoms with E-state index in [-0.39, 0.29) is 11.6 Å². The van der Waals surface area contributed by atoms with E-state index in [4.69, 9.17) is 4.74 Å². The van der Waals surface area contributed by atoms with Crippen LogP contribution in [0.25, 0.3) is 33.9 Å². The van der Waals surface area contributed by atoms with Crippen molar-refractivity contribution >= 4 is 0 Å². The molecule has 0 spiro atoms. The lowest BCUT2D eigenvalue weighted by molar-refractivity contribution is 0.309. The lowest BCUT2D eigenvalue weighted by atomic mass is 10.0. The molecule has 8 nitrogen and oxygen atoms in total. The summed E-state index contributed by atoms with van der Waals surface area (Å²) in [6.45, 7) is 6.94. The number of nitrogens with zero attached hydrogens (tertiary/aromatic N) is 4. The third-order valence-corrected chi connectivity index (χ3v) is 5.02. The van der Waals surface area contributed by atoms with E-state index in [2.05, 4.69) is 46.0 Å². The molecule has 0 fully saturated rings. The Morgan fingerprint density at radius 2 is 1.97 bits per heavy atom. The predicted molar refractivity (Wildman–Crippen MR) is 120 cm³/mol. The van der Waals surface area contributed by atoms with Crippen molar-refractivity contribution in [2.45, 2.75) is 39.7 Å². The SMILES string of the molecule is CCCCOc1ccc(-c2cc(-c3ccn(C(C)C)n3)c(-c3nc[nH]n3)c(=O)[nH]2)cc1. The van der Waals surface area contributed by atoms with Gasteiger partial charge in [-0.15, -0.1) is 0 Å². The van der Waals surface area contributed by atoms with E-state index in [1.165, 1.54) is 6.33 Å². The maximum atomic E-state index is 13.1. The Labute approximate surface area is 180 Å². The van der Waals surface area contributed by atoms with Crippen LogP contribution in [0.4, 0.5) is 0 Å². The molecule has 0 aliphatic heterocycles. The smallest absolute Gasteiger partial charge is 0.260 e. The predicted octanol–water partition coefficient (Wildman–Crippen LogP) is 4.45. The molecule has 1 aromatic carbocycles. The fourth-order valence-electron chi connectivity index (χ4n) is 3.30. The maximum Gasteiger partial charge on any atom is 0.260 e. The van der Waals surface area contributed by atoms with Gasteiger partial charge in [-0.25, -0.2) is 4.98 Å². The highest BCUT2D eigenvalue weighted by Gasteiger charge is 2.19. The molecule has 0 atom stereocenters. The molecule has 0 aliphatic carbocycles. The molecule has 4 rings (SSSR count). The number of benzene rings is 1. The first-order valence-electron chi connectivity index (χ1n) is 10.5. The zero-order valence-electron chi connectivity index (χ0n) is 17.9. The highest BCUT2D eigenvalue weighted by atomic mass is 16.5. The number of H-pyrrole nitrogens is 2. The Bertz CT molecular complexity index is 1190. The van der Waals surface area contributed by atoms with Gasteiger partial charge in [-0.1, -0.05) is 13.3 Å². The highest BCUT2D eigenvalue weighted by Crippen LogP contribution is 2.30. The maximum absolute atomic E-state index is 13.1. The molecule has 31 heavy (non-hydrogen) atoms. The van der Waals surface area contributed by atoms with Gasteiger partial charge in [0.2, 0.25) is 0 Å². The van der Waals surface area contributed by atoms with E-state index >= 15 is 0 Å². The Morgan fingerprint density at radius 3 is 2.61 bits per heavy atom. The summed E-state index contributed by atoms with van der Waals surface area (Å²) in [5, 5.41) is 11.5. The van der Waals surface area contributed by atoms with Gasteiger partial charge in [0.25, 0.3) is 5.56 Å². The van der Waals surface area contributed by atoms with Crippen LogP contribution >= 0.6 is 0 Å². The van der Waals surface area contributed by atoms with Gasteiger partial charge in [0.1, 0.15) is 12.1 Å². The van der Waals surface area contributed by atoms with Crippen LogP contribution in [0.15, 0.2) is 53.7 Å². The normalized spacial score (nSPS) is 11.2. The van der Waals surface area contributed by atoms with E-state index in [9.17, 15) is 4.79 Å². The van der Waals surface area contributed by atoms with E-state index in [0.29, 0.717) is 34.9 Å². The fourth-order valence-corrected chi connectivity index (χ4v) is 3.30. The monoisotopic (exact) mass is 418 g/mol. The largest absolute Gasteiger partial charge is 0.494 e. The van der Waals surface area contributed by atoms with Gasteiger partial charge in [0, 0.05) is 23.5 Å². The zero-order chi connectivity index (χ0) is 21.8. The average molecular weight is 419 g/mol. The van der Waals surface area contributed by atoms with Gasteiger partial charge in [0.15, 0.2) is 5.82 Å². The van der Waals surface area contributed by atoms with Gasteiger partial charge in [0.05, 0.1) is 17.9 Å². The second kappa shape index (κ2) is 8.99. The van der Waals surface area contributed by atoms with Gasteiger partial charge in [-0.2, -0.15) is 10.2 Å². The first-order valence-corrected chi connectivity index (χ1v) is 10.5. The molecule has 8 heteroatoms. The lowest BCUT2D eigenvalue weighted by Gasteiger charge is -2.10. The van der Waals surface area contributed by atoms with E-state index in [0.717, 1.165) is 24.2 Å². The highest BCUT2D eigenvalue weighted by molar-refractivity contribution is 5.81. The number of nitrogens with one attached hydrogen (secondary N) is 2. The molecular formula is C23H26N6O2. The summed E-state index contributed by atoms with van der Waals surface area (Å²) >= 11 is 0. The molecule has 0 saturated carbocycles. The summed E-state index contributed by atoms with van der Waals surface area (Å²) < 4.78 is 7.60. The number of unbranched alkanes of at least 4 members (excludes halogenated alkanes) is 1. The van der Waals surface area contributed by atoms with Gasteiger partial charge in [-0.3, -0.25) is 14.6 Å². The van der Waals surface area contributed by atoms with Crippen LogP contribution < -0.4 is 10.3 Å². The second-order valence-corrected chi connectivity index (χ2v) is 7.62. The van der Waals surface area contributed by atoms with Crippen molar-refractivity contribution in [2.24, 2.45) is 0 Å². The number of hydrogen-bond donors (Lipinski definition) is 2. The number of aromatic amines is 2. The van der Waals surface area contributed by atoms with E-state index in [1.807, 2.05) is 47.3 Å².